The second-order valence-corrected chi connectivity index (χ2v) is 6.32. The van der Waals surface area contributed by atoms with E-state index < -0.39 is 0 Å². The van der Waals surface area contributed by atoms with Gasteiger partial charge in [-0.3, -0.25) is 0 Å². The van der Waals surface area contributed by atoms with E-state index in [0.29, 0.717) is 0 Å². The van der Waals surface area contributed by atoms with Crippen molar-refractivity contribution in [2.75, 3.05) is 35.3 Å². The molecule has 3 nitrogen and oxygen atoms in total. The summed E-state index contributed by atoms with van der Waals surface area (Å²) in [6, 6.07) is 6.76. The van der Waals surface area contributed by atoms with Crippen LogP contribution in [-0.4, -0.2) is 31.6 Å². The summed E-state index contributed by atoms with van der Waals surface area (Å²) in [4.78, 5) is 4.74. The van der Waals surface area contributed by atoms with Crippen LogP contribution >= 0.6 is 8.86 Å². The van der Waals surface area contributed by atoms with Gasteiger partial charge in [-0.2, -0.15) is 0 Å². The summed E-state index contributed by atoms with van der Waals surface area (Å²) in [5.41, 5.74) is 3.81. The number of rotatable bonds is 6. The average molecular weight is 291 g/mol. The lowest BCUT2D eigenvalue weighted by Crippen LogP contribution is -2.37. The van der Waals surface area contributed by atoms with Gasteiger partial charge in [0.1, 0.15) is 6.17 Å². The Labute approximate surface area is 125 Å². The normalized spacial score (nSPS) is 16.8. The molecule has 0 aliphatic carbocycles. The first-order valence-electron chi connectivity index (χ1n) is 7.51. The van der Waals surface area contributed by atoms with E-state index in [2.05, 4.69) is 70.0 Å². The molecule has 0 fully saturated rings. The van der Waals surface area contributed by atoms with Gasteiger partial charge in [0, 0.05) is 25.8 Å². The fraction of sp³-hybridized carbons (Fsp3) is 0.562. The van der Waals surface area contributed by atoms with Crippen LogP contribution in [-0.2, 0) is 0 Å². The van der Waals surface area contributed by atoms with Gasteiger partial charge in [-0.15, -0.1) is 8.86 Å². The van der Waals surface area contributed by atoms with Crippen molar-refractivity contribution in [2.24, 2.45) is 0 Å². The van der Waals surface area contributed by atoms with Crippen LogP contribution in [0.5, 0.6) is 0 Å². The number of nitrogens with one attached hydrogen (secondary N) is 1. The van der Waals surface area contributed by atoms with Gasteiger partial charge in [0.15, 0.2) is 0 Å². The number of benzene rings is 1. The Hall–Kier alpha value is -1.21. The predicted molar refractivity (Wildman–Crippen MR) is 94.0 cm³/mol. The van der Waals surface area contributed by atoms with Crippen molar-refractivity contribution >= 4 is 31.2 Å². The Kier molecular flexibility index (Phi) is 4.93. The van der Waals surface area contributed by atoms with Crippen LogP contribution in [0.2, 0.25) is 0 Å². The fourth-order valence-corrected chi connectivity index (χ4v) is 3.10. The molecule has 0 saturated carbocycles. The maximum Gasteiger partial charge on any atom is 0.125 e. The molecule has 1 atom stereocenters. The molecule has 110 valence electrons. The smallest absolute Gasteiger partial charge is 0.125 e. The molecule has 1 N–H and O–H groups in total. The first-order valence-corrected chi connectivity index (χ1v) is 8.01. The van der Waals surface area contributed by atoms with Gasteiger partial charge in [-0.05, 0) is 43.3 Å². The Balaban J connectivity index is 2.25. The van der Waals surface area contributed by atoms with Crippen LogP contribution in [0.4, 0.5) is 17.1 Å². The molecule has 0 aromatic heterocycles. The van der Waals surface area contributed by atoms with Crippen LogP contribution < -0.4 is 15.1 Å². The number of anilines is 3. The molecule has 0 radical (unpaired) electrons. The maximum atomic E-state index is 3.65. The molecule has 0 spiro atoms. The second-order valence-electron chi connectivity index (χ2n) is 5.53. The van der Waals surface area contributed by atoms with E-state index >= 15 is 0 Å². The SMILES string of the molecule is CCCN(CCC)c1ccc2c(c1)NC(C(C)=P)N2C. The fourth-order valence-electron chi connectivity index (χ4n) is 2.84. The largest absolute Gasteiger partial charge is 0.371 e. The molecule has 20 heavy (non-hydrogen) atoms. The monoisotopic (exact) mass is 291 g/mol. The standard InChI is InChI=1S/C16H26N3P/c1-5-9-19(10-6-2)13-7-8-15-14(11-13)17-16(12(3)20)18(15)4/h7-8,11,16-17,20H,5-6,9-10H2,1-4H3. The second kappa shape index (κ2) is 6.49. The molecule has 4 heteroatoms. The molecule has 1 heterocycles. The van der Waals surface area contributed by atoms with Crippen molar-refractivity contribution in [3.8, 4) is 0 Å². The Morgan fingerprint density at radius 3 is 2.50 bits per heavy atom. The number of nitrogens with zero attached hydrogens (tertiary/aromatic N) is 2. The van der Waals surface area contributed by atoms with Gasteiger partial charge < -0.3 is 15.1 Å². The summed E-state index contributed by atoms with van der Waals surface area (Å²) >= 11 is 0. The number of hydrogen-bond donors (Lipinski definition) is 1. The number of fused-ring (bicyclic) bond motifs is 1. The molecule has 0 bridgehead atoms. The molecular weight excluding hydrogens is 265 g/mol. The van der Waals surface area contributed by atoms with Crippen molar-refractivity contribution in [3.05, 3.63) is 18.2 Å². The lowest BCUT2D eigenvalue weighted by molar-refractivity contribution is 0.745. The van der Waals surface area contributed by atoms with Gasteiger partial charge in [-0.1, -0.05) is 13.8 Å². The van der Waals surface area contributed by atoms with E-state index in [1.54, 1.807) is 0 Å². The lowest BCUT2D eigenvalue weighted by Gasteiger charge is -2.24. The molecule has 0 saturated heterocycles. The highest BCUT2D eigenvalue weighted by molar-refractivity contribution is 7.21. The molecule has 1 aromatic carbocycles. The molecule has 1 aliphatic heterocycles. The van der Waals surface area contributed by atoms with E-state index in [1.165, 1.54) is 35.2 Å². The summed E-state index contributed by atoms with van der Waals surface area (Å²) in [6.07, 6.45) is 2.60. The van der Waals surface area contributed by atoms with E-state index in [1.807, 2.05) is 0 Å². The average Bonchev–Trinajstić information content (AvgIpc) is 2.75. The maximum absolute atomic E-state index is 3.65. The molecule has 0 amide bonds. The zero-order valence-electron chi connectivity index (χ0n) is 13.0. The lowest BCUT2D eigenvalue weighted by atomic mass is 10.2. The quantitative estimate of drug-likeness (QED) is 0.803. The molecule has 1 aromatic rings. The molecule has 1 unspecified atom stereocenters. The minimum absolute atomic E-state index is 0.239. The van der Waals surface area contributed by atoms with Gasteiger partial charge in [0.05, 0.1) is 11.4 Å². The van der Waals surface area contributed by atoms with Crippen LogP contribution in [0, 0.1) is 0 Å². The minimum Gasteiger partial charge on any atom is -0.371 e. The summed E-state index contributed by atoms with van der Waals surface area (Å²) in [6.45, 7) is 8.81. The van der Waals surface area contributed by atoms with Crippen molar-refractivity contribution in [3.63, 3.8) is 0 Å². The summed E-state index contributed by atoms with van der Waals surface area (Å²) < 4.78 is 0. The minimum atomic E-state index is 0.239. The van der Waals surface area contributed by atoms with Crippen molar-refractivity contribution in [1.29, 1.82) is 0 Å². The Bertz CT molecular complexity index is 481. The molecular formula is C16H26N3P. The van der Waals surface area contributed by atoms with Gasteiger partial charge in [0.25, 0.3) is 0 Å². The van der Waals surface area contributed by atoms with Gasteiger partial charge >= 0.3 is 0 Å². The van der Waals surface area contributed by atoms with Gasteiger partial charge in [0.2, 0.25) is 0 Å². The summed E-state index contributed by atoms with van der Waals surface area (Å²) in [5.74, 6) is 0. The van der Waals surface area contributed by atoms with Crippen LogP contribution in [0.1, 0.15) is 33.6 Å². The molecule has 2 rings (SSSR count). The summed E-state index contributed by atoms with van der Waals surface area (Å²) in [5, 5.41) is 4.78. The van der Waals surface area contributed by atoms with E-state index in [4.69, 9.17) is 0 Å². The van der Waals surface area contributed by atoms with E-state index in [0.717, 1.165) is 13.1 Å². The van der Waals surface area contributed by atoms with Crippen LogP contribution in [0.25, 0.3) is 0 Å². The highest BCUT2D eigenvalue weighted by Gasteiger charge is 2.26. The topological polar surface area (TPSA) is 18.5 Å². The number of hydrogen-bond acceptors (Lipinski definition) is 3. The first-order chi connectivity index (χ1) is 9.58. The van der Waals surface area contributed by atoms with Crippen molar-refractivity contribution in [2.45, 2.75) is 39.8 Å². The van der Waals surface area contributed by atoms with Crippen LogP contribution in [0.3, 0.4) is 0 Å². The third kappa shape index (κ3) is 2.93. The van der Waals surface area contributed by atoms with Crippen LogP contribution in [0.15, 0.2) is 18.2 Å². The van der Waals surface area contributed by atoms with Crippen molar-refractivity contribution in [1.82, 2.24) is 0 Å². The zero-order valence-corrected chi connectivity index (χ0v) is 14.0. The third-order valence-electron chi connectivity index (χ3n) is 3.80. The highest BCUT2D eigenvalue weighted by atomic mass is 31.0. The van der Waals surface area contributed by atoms with E-state index in [9.17, 15) is 0 Å². The Morgan fingerprint density at radius 1 is 1.30 bits per heavy atom. The first kappa shape index (κ1) is 15.2. The predicted octanol–water partition coefficient (Wildman–Crippen LogP) is 3.84. The highest BCUT2D eigenvalue weighted by Crippen LogP contribution is 2.37. The van der Waals surface area contributed by atoms with Crippen molar-refractivity contribution < 1.29 is 0 Å². The summed E-state index contributed by atoms with van der Waals surface area (Å²) in [7, 11) is 5.78. The van der Waals surface area contributed by atoms with E-state index in [-0.39, 0.29) is 6.17 Å². The zero-order chi connectivity index (χ0) is 14.7. The third-order valence-corrected chi connectivity index (χ3v) is 4.08. The molecule has 1 aliphatic rings. The Morgan fingerprint density at radius 2 is 1.95 bits per heavy atom. The van der Waals surface area contributed by atoms with Gasteiger partial charge in [-0.25, -0.2) is 0 Å².